The molecule has 1 aliphatic heterocycles. The van der Waals surface area contributed by atoms with E-state index in [2.05, 4.69) is 0 Å². The molecule has 7 heteroatoms. The number of methoxy groups -OCH3 is 1. The van der Waals surface area contributed by atoms with Gasteiger partial charge in [-0.25, -0.2) is 8.42 Å². The molecule has 0 bridgehead atoms. The average molecular weight is 335 g/mol. The molecule has 5 nitrogen and oxygen atoms in total. The van der Waals surface area contributed by atoms with Gasteiger partial charge in [0, 0.05) is 19.1 Å². The van der Waals surface area contributed by atoms with Gasteiger partial charge in [-0.15, -0.1) is 12.4 Å². The van der Waals surface area contributed by atoms with E-state index in [1.807, 2.05) is 6.92 Å². The highest BCUT2D eigenvalue weighted by Crippen LogP contribution is 2.28. The van der Waals surface area contributed by atoms with Crippen molar-refractivity contribution in [1.29, 1.82) is 0 Å². The van der Waals surface area contributed by atoms with Crippen LogP contribution in [0.5, 0.6) is 5.75 Å². The maximum Gasteiger partial charge on any atom is 0.243 e. The predicted molar refractivity (Wildman–Crippen MR) is 85.7 cm³/mol. The molecule has 21 heavy (non-hydrogen) atoms. The first-order valence-corrected chi connectivity index (χ1v) is 8.21. The van der Waals surface area contributed by atoms with E-state index in [0.29, 0.717) is 42.1 Å². The maximum absolute atomic E-state index is 12.7. The zero-order valence-electron chi connectivity index (χ0n) is 12.6. The molecule has 1 aromatic carbocycles. The van der Waals surface area contributed by atoms with Gasteiger partial charge in [0.2, 0.25) is 10.0 Å². The largest absolute Gasteiger partial charge is 0.496 e. The highest BCUT2D eigenvalue weighted by atomic mass is 35.5. The summed E-state index contributed by atoms with van der Waals surface area (Å²) in [4.78, 5) is 0.367. The molecule has 0 spiro atoms. The van der Waals surface area contributed by atoms with Crippen LogP contribution in [0.15, 0.2) is 17.0 Å². The van der Waals surface area contributed by atoms with Crippen LogP contribution in [0.25, 0.3) is 0 Å². The summed E-state index contributed by atoms with van der Waals surface area (Å²) in [7, 11) is -1.86. The zero-order valence-corrected chi connectivity index (χ0v) is 14.3. The van der Waals surface area contributed by atoms with Crippen LogP contribution in [0.3, 0.4) is 0 Å². The molecule has 1 aromatic rings. The highest BCUT2D eigenvalue weighted by Gasteiger charge is 2.29. The van der Waals surface area contributed by atoms with E-state index in [4.69, 9.17) is 10.5 Å². The summed E-state index contributed by atoms with van der Waals surface area (Å²) < 4.78 is 32.2. The molecule has 1 heterocycles. The van der Waals surface area contributed by atoms with E-state index in [9.17, 15) is 8.42 Å². The van der Waals surface area contributed by atoms with Crippen LogP contribution in [0, 0.1) is 13.8 Å². The SMILES string of the molecule is COc1cc(C)c(S(=O)(=O)N2CCC(N)CC2)cc1C.Cl. The Balaban J connectivity index is 0.00000220. The zero-order chi connectivity index (χ0) is 14.9. The fraction of sp³-hybridized carbons (Fsp3) is 0.571. The molecule has 0 radical (unpaired) electrons. The minimum absolute atomic E-state index is 0. The summed E-state index contributed by atoms with van der Waals surface area (Å²) in [5.74, 6) is 0.710. The third kappa shape index (κ3) is 3.69. The second kappa shape index (κ2) is 6.96. The molecule has 1 fully saturated rings. The summed E-state index contributed by atoms with van der Waals surface area (Å²) in [5, 5.41) is 0. The van der Waals surface area contributed by atoms with Crippen LogP contribution in [-0.2, 0) is 10.0 Å². The number of hydrogen-bond acceptors (Lipinski definition) is 4. The molecule has 0 saturated carbocycles. The van der Waals surface area contributed by atoms with Gasteiger partial charge in [0.15, 0.2) is 0 Å². The molecule has 0 amide bonds. The third-order valence-electron chi connectivity index (χ3n) is 3.81. The number of piperidine rings is 1. The van der Waals surface area contributed by atoms with Crippen molar-refractivity contribution >= 4 is 22.4 Å². The van der Waals surface area contributed by atoms with Gasteiger partial charge in [-0.1, -0.05) is 0 Å². The van der Waals surface area contributed by atoms with E-state index in [0.717, 1.165) is 5.56 Å². The first-order valence-electron chi connectivity index (χ1n) is 6.77. The summed E-state index contributed by atoms with van der Waals surface area (Å²) in [6.45, 7) is 4.63. The quantitative estimate of drug-likeness (QED) is 0.915. The number of nitrogens with two attached hydrogens (primary N) is 1. The van der Waals surface area contributed by atoms with Crippen LogP contribution < -0.4 is 10.5 Å². The van der Waals surface area contributed by atoms with Gasteiger partial charge in [0.25, 0.3) is 0 Å². The van der Waals surface area contributed by atoms with Crippen molar-refractivity contribution in [2.24, 2.45) is 5.73 Å². The van der Waals surface area contributed by atoms with Crippen LogP contribution in [0.2, 0.25) is 0 Å². The second-order valence-electron chi connectivity index (χ2n) is 5.33. The van der Waals surface area contributed by atoms with Crippen LogP contribution in [0.1, 0.15) is 24.0 Å². The molecule has 0 unspecified atom stereocenters. The fourth-order valence-electron chi connectivity index (χ4n) is 2.52. The number of ether oxygens (including phenoxy) is 1. The Bertz CT molecular complexity index is 596. The minimum Gasteiger partial charge on any atom is -0.496 e. The normalized spacial score (nSPS) is 17.3. The minimum atomic E-state index is -3.44. The lowest BCUT2D eigenvalue weighted by atomic mass is 10.1. The first kappa shape index (κ1) is 18.2. The first-order chi connectivity index (χ1) is 9.36. The standard InChI is InChI=1S/C14H22N2O3S.ClH/c1-10-9-14(11(2)8-13(10)19-3)20(17,18)16-6-4-12(15)5-7-16;/h8-9,12H,4-7,15H2,1-3H3;1H. The number of hydrogen-bond donors (Lipinski definition) is 1. The molecule has 1 saturated heterocycles. The topological polar surface area (TPSA) is 72.6 Å². The summed E-state index contributed by atoms with van der Waals surface area (Å²) in [6, 6.07) is 3.58. The molecule has 0 atom stereocenters. The number of nitrogens with zero attached hydrogens (tertiary/aromatic N) is 1. The van der Waals surface area contributed by atoms with Crippen LogP contribution in [0.4, 0.5) is 0 Å². The number of halogens is 1. The predicted octanol–water partition coefficient (Wildman–Crippen LogP) is 1.85. The Morgan fingerprint density at radius 3 is 2.29 bits per heavy atom. The van der Waals surface area contributed by atoms with Crippen molar-refractivity contribution in [1.82, 2.24) is 4.31 Å². The Hall–Kier alpha value is -0.820. The lowest BCUT2D eigenvalue weighted by Crippen LogP contribution is -2.42. The Kier molecular flexibility index (Phi) is 6.04. The van der Waals surface area contributed by atoms with E-state index >= 15 is 0 Å². The molecular formula is C14H23ClN2O3S. The smallest absolute Gasteiger partial charge is 0.243 e. The van der Waals surface area contributed by atoms with Gasteiger partial charge in [-0.05, 0) is 49.9 Å². The highest BCUT2D eigenvalue weighted by molar-refractivity contribution is 7.89. The van der Waals surface area contributed by atoms with Gasteiger partial charge in [0.1, 0.15) is 5.75 Å². The molecule has 0 aliphatic carbocycles. The molecule has 2 N–H and O–H groups in total. The van der Waals surface area contributed by atoms with E-state index in [1.165, 1.54) is 4.31 Å². The van der Waals surface area contributed by atoms with E-state index in [1.54, 1.807) is 26.2 Å². The molecule has 1 aliphatic rings. The lowest BCUT2D eigenvalue weighted by Gasteiger charge is -2.30. The monoisotopic (exact) mass is 334 g/mol. The Morgan fingerprint density at radius 2 is 1.76 bits per heavy atom. The summed E-state index contributed by atoms with van der Waals surface area (Å²) >= 11 is 0. The van der Waals surface area contributed by atoms with E-state index < -0.39 is 10.0 Å². The Morgan fingerprint density at radius 1 is 1.19 bits per heavy atom. The van der Waals surface area contributed by atoms with E-state index in [-0.39, 0.29) is 18.4 Å². The number of rotatable bonds is 3. The number of benzene rings is 1. The Labute approximate surface area is 132 Å². The van der Waals surface area contributed by atoms with Crippen molar-refractivity contribution in [2.45, 2.75) is 37.6 Å². The van der Waals surface area contributed by atoms with Crippen molar-refractivity contribution in [2.75, 3.05) is 20.2 Å². The number of aryl methyl sites for hydroxylation is 2. The third-order valence-corrected chi connectivity index (χ3v) is 5.85. The molecule has 120 valence electrons. The van der Waals surface area contributed by atoms with Gasteiger partial charge < -0.3 is 10.5 Å². The van der Waals surface area contributed by atoms with Gasteiger partial charge in [-0.3, -0.25) is 0 Å². The van der Waals surface area contributed by atoms with Gasteiger partial charge in [0.05, 0.1) is 12.0 Å². The van der Waals surface area contributed by atoms with Crippen LogP contribution in [-0.4, -0.2) is 39.0 Å². The van der Waals surface area contributed by atoms with Crippen LogP contribution >= 0.6 is 12.4 Å². The van der Waals surface area contributed by atoms with Crippen molar-refractivity contribution in [3.05, 3.63) is 23.3 Å². The number of sulfonamides is 1. The van der Waals surface area contributed by atoms with Crippen molar-refractivity contribution in [3.63, 3.8) is 0 Å². The van der Waals surface area contributed by atoms with Gasteiger partial charge in [-0.2, -0.15) is 4.31 Å². The second-order valence-corrected chi connectivity index (χ2v) is 7.24. The van der Waals surface area contributed by atoms with Gasteiger partial charge >= 0.3 is 0 Å². The maximum atomic E-state index is 12.7. The summed E-state index contributed by atoms with van der Waals surface area (Å²) in [5.41, 5.74) is 7.37. The lowest BCUT2D eigenvalue weighted by molar-refractivity contribution is 0.320. The average Bonchev–Trinajstić information content (AvgIpc) is 2.41. The fourth-order valence-corrected chi connectivity index (χ4v) is 4.28. The van der Waals surface area contributed by atoms with Crippen molar-refractivity contribution in [3.8, 4) is 5.75 Å². The summed E-state index contributed by atoms with van der Waals surface area (Å²) in [6.07, 6.45) is 1.43. The van der Waals surface area contributed by atoms with Crippen molar-refractivity contribution < 1.29 is 13.2 Å². The molecule has 0 aromatic heterocycles. The molecule has 2 rings (SSSR count). The molecular weight excluding hydrogens is 312 g/mol.